The van der Waals surface area contributed by atoms with Crippen molar-refractivity contribution in [3.05, 3.63) is 52.3 Å². The molecule has 7 nitrogen and oxygen atoms in total. The van der Waals surface area contributed by atoms with Crippen LogP contribution in [0.1, 0.15) is 48.8 Å². The van der Waals surface area contributed by atoms with Gasteiger partial charge in [0.05, 0.1) is 17.8 Å². The Morgan fingerprint density at radius 3 is 2.37 bits per heavy atom. The maximum absolute atomic E-state index is 13.7. The van der Waals surface area contributed by atoms with E-state index in [1.165, 1.54) is 25.7 Å². The Bertz CT molecular complexity index is 1260. The van der Waals surface area contributed by atoms with Crippen LogP contribution in [0.4, 0.5) is 5.69 Å². The molecular formula is C29H40BrN5O2Si. The van der Waals surface area contributed by atoms with Gasteiger partial charge in [-0.05, 0) is 97.0 Å². The molecule has 2 fully saturated rings. The van der Waals surface area contributed by atoms with Gasteiger partial charge in [-0.25, -0.2) is 9.67 Å². The summed E-state index contributed by atoms with van der Waals surface area (Å²) in [6, 6.07) is 9.27. The molecule has 0 saturated heterocycles. The minimum Gasteiger partial charge on any atom is -0.360 e. The highest BCUT2D eigenvalue weighted by Gasteiger charge is 2.49. The summed E-state index contributed by atoms with van der Waals surface area (Å²) >= 11 is 3.48. The maximum Gasteiger partial charge on any atom is 0.235 e. The van der Waals surface area contributed by atoms with E-state index in [4.69, 9.17) is 9.84 Å². The molecule has 2 N–H and O–H groups in total. The highest BCUT2D eigenvalue weighted by atomic mass is 79.9. The van der Waals surface area contributed by atoms with Gasteiger partial charge in [-0.1, -0.05) is 31.8 Å². The summed E-state index contributed by atoms with van der Waals surface area (Å²) in [5.74, 6) is 2.15. The molecule has 1 atom stereocenters. The highest BCUT2D eigenvalue weighted by molar-refractivity contribution is 9.10. The lowest BCUT2D eigenvalue weighted by Crippen LogP contribution is -2.31. The van der Waals surface area contributed by atoms with Crippen molar-refractivity contribution in [1.29, 1.82) is 0 Å². The summed E-state index contributed by atoms with van der Waals surface area (Å²) in [4.78, 5) is 21.5. The van der Waals surface area contributed by atoms with E-state index in [-0.39, 0.29) is 11.8 Å². The van der Waals surface area contributed by atoms with Gasteiger partial charge in [0.1, 0.15) is 17.2 Å². The fourth-order valence-corrected chi connectivity index (χ4v) is 6.62. The molecule has 204 valence electrons. The second-order valence-electron chi connectivity index (χ2n) is 12.3. The Balaban J connectivity index is 1.28. The molecule has 9 heteroatoms. The van der Waals surface area contributed by atoms with Crippen LogP contribution in [-0.4, -0.2) is 40.3 Å². The first-order chi connectivity index (χ1) is 18.1. The minimum absolute atomic E-state index is 0.0269. The number of nitrogens with one attached hydrogen (secondary N) is 2. The number of rotatable bonds is 12. The fraction of sp³-hybridized carbons (Fsp3) is 0.552. The third-order valence-corrected chi connectivity index (χ3v) is 10.00. The first-order valence-electron chi connectivity index (χ1n) is 13.8. The summed E-state index contributed by atoms with van der Waals surface area (Å²) in [7, 11) is -1.11. The molecule has 0 bridgehead atoms. The lowest BCUT2D eigenvalue weighted by atomic mass is 9.82. The number of aromatic amines is 1. The molecule has 1 aromatic carbocycles. The van der Waals surface area contributed by atoms with Gasteiger partial charge >= 0.3 is 0 Å². The molecule has 1 amide bonds. The monoisotopic (exact) mass is 597 g/mol. The van der Waals surface area contributed by atoms with Crippen molar-refractivity contribution < 1.29 is 9.53 Å². The Hall–Kier alpha value is -2.23. The van der Waals surface area contributed by atoms with Crippen molar-refractivity contribution in [3.8, 4) is 11.1 Å². The van der Waals surface area contributed by atoms with Gasteiger partial charge in [0.15, 0.2) is 0 Å². The van der Waals surface area contributed by atoms with Gasteiger partial charge in [0, 0.05) is 31.6 Å². The molecular weight excluding hydrogens is 558 g/mol. The lowest BCUT2D eigenvalue weighted by Gasteiger charge is -2.25. The fourth-order valence-electron chi connectivity index (χ4n) is 5.55. The van der Waals surface area contributed by atoms with Crippen LogP contribution in [0, 0.1) is 31.6 Å². The molecule has 1 unspecified atom stereocenters. The van der Waals surface area contributed by atoms with Crippen LogP contribution in [0.5, 0.6) is 0 Å². The number of hydrogen-bond acceptors (Lipinski definition) is 4. The maximum atomic E-state index is 13.7. The lowest BCUT2D eigenvalue weighted by molar-refractivity contribution is -0.119. The summed E-state index contributed by atoms with van der Waals surface area (Å²) in [6.07, 6.45) is 6.63. The first-order valence-corrected chi connectivity index (χ1v) is 18.3. The quantitative estimate of drug-likeness (QED) is 0.172. The molecule has 3 aromatic rings. The largest absolute Gasteiger partial charge is 0.360 e. The standard InChI is InChI=1S/C29H40BrN5O2Si/c1-18-25(19(2)35(34-18)17-37-14-15-38(3,4)5)20-10-12-23(13-11-20)32-29(36)27(28-31-16-24(30)33-28)26(21-6-7-21)22-8-9-22/h10-13,16,21-22,26-27H,6-9,14-15,17H2,1-5H3,(H,31,33)(H,32,36). The Morgan fingerprint density at radius 1 is 1.16 bits per heavy atom. The molecule has 0 aliphatic heterocycles. The average Bonchev–Trinajstić information content (AvgIpc) is 3.79. The Kier molecular flexibility index (Phi) is 7.98. The van der Waals surface area contributed by atoms with Crippen LogP contribution >= 0.6 is 15.9 Å². The normalized spacial score (nSPS) is 16.7. The molecule has 2 heterocycles. The number of anilines is 1. The SMILES string of the molecule is Cc1nn(COCC[Si](C)(C)C)c(C)c1-c1ccc(NC(=O)C(c2ncc(Br)[nH]2)C(C2CC2)C2CC2)cc1. The smallest absolute Gasteiger partial charge is 0.235 e. The van der Waals surface area contributed by atoms with E-state index in [0.29, 0.717) is 24.5 Å². The summed E-state index contributed by atoms with van der Waals surface area (Å²) in [5, 5.41) is 7.94. The van der Waals surface area contributed by atoms with Gasteiger partial charge in [-0.2, -0.15) is 5.10 Å². The third-order valence-electron chi connectivity index (χ3n) is 7.89. The van der Waals surface area contributed by atoms with Gasteiger partial charge in [0.25, 0.3) is 0 Å². The number of amides is 1. The predicted molar refractivity (Wildman–Crippen MR) is 158 cm³/mol. The number of benzene rings is 1. The van der Waals surface area contributed by atoms with Crippen LogP contribution < -0.4 is 5.32 Å². The van der Waals surface area contributed by atoms with Gasteiger partial charge < -0.3 is 15.0 Å². The molecule has 5 rings (SSSR count). The van der Waals surface area contributed by atoms with E-state index in [1.807, 2.05) is 23.7 Å². The number of carbonyl (C=O) groups is 1. The number of H-pyrrole nitrogens is 1. The second-order valence-corrected chi connectivity index (χ2v) is 18.8. The van der Waals surface area contributed by atoms with Crippen molar-refractivity contribution in [2.24, 2.45) is 17.8 Å². The number of hydrogen-bond donors (Lipinski definition) is 2. The molecule has 0 radical (unpaired) electrons. The summed E-state index contributed by atoms with van der Waals surface area (Å²) in [6.45, 7) is 12.5. The van der Waals surface area contributed by atoms with Crippen molar-refractivity contribution in [2.75, 3.05) is 11.9 Å². The Labute approximate surface area is 235 Å². The molecule has 2 aliphatic carbocycles. The van der Waals surface area contributed by atoms with Gasteiger partial charge in [0.2, 0.25) is 5.91 Å². The van der Waals surface area contributed by atoms with Crippen molar-refractivity contribution in [3.63, 3.8) is 0 Å². The zero-order valence-corrected chi connectivity index (χ0v) is 25.8. The molecule has 0 spiro atoms. The van der Waals surface area contributed by atoms with E-state index in [9.17, 15) is 4.79 Å². The number of halogens is 1. The van der Waals surface area contributed by atoms with E-state index >= 15 is 0 Å². The van der Waals surface area contributed by atoms with E-state index in [1.54, 1.807) is 6.20 Å². The zero-order valence-electron chi connectivity index (χ0n) is 23.2. The van der Waals surface area contributed by atoms with Crippen LogP contribution in [0.25, 0.3) is 11.1 Å². The average molecular weight is 599 g/mol. The number of carbonyl (C=O) groups excluding carboxylic acids is 1. The molecule has 2 aliphatic rings. The molecule has 38 heavy (non-hydrogen) atoms. The van der Waals surface area contributed by atoms with Crippen LogP contribution in [0.3, 0.4) is 0 Å². The number of aryl methyl sites for hydroxylation is 1. The van der Waals surface area contributed by atoms with Crippen molar-refractivity contribution in [1.82, 2.24) is 19.7 Å². The van der Waals surface area contributed by atoms with E-state index in [0.717, 1.165) is 51.3 Å². The zero-order chi connectivity index (χ0) is 27.0. The van der Waals surface area contributed by atoms with Crippen LogP contribution in [-0.2, 0) is 16.3 Å². The van der Waals surface area contributed by atoms with Crippen LogP contribution in [0.15, 0.2) is 35.1 Å². The second kappa shape index (κ2) is 11.1. The van der Waals surface area contributed by atoms with Gasteiger partial charge in [-0.3, -0.25) is 4.79 Å². The summed E-state index contributed by atoms with van der Waals surface area (Å²) in [5.41, 5.74) is 5.09. The van der Waals surface area contributed by atoms with Crippen molar-refractivity contribution >= 4 is 35.6 Å². The number of aromatic nitrogens is 4. The predicted octanol–water partition coefficient (Wildman–Crippen LogP) is 7.12. The van der Waals surface area contributed by atoms with Gasteiger partial charge in [-0.15, -0.1) is 0 Å². The Morgan fingerprint density at radius 2 is 1.82 bits per heavy atom. The van der Waals surface area contributed by atoms with Crippen LogP contribution in [0.2, 0.25) is 25.7 Å². The van der Waals surface area contributed by atoms with Crippen molar-refractivity contribution in [2.45, 2.75) is 77.9 Å². The number of nitrogens with zero attached hydrogens (tertiary/aromatic N) is 3. The molecule has 2 aromatic heterocycles. The summed E-state index contributed by atoms with van der Waals surface area (Å²) < 4.78 is 8.71. The number of ether oxygens (including phenoxy) is 1. The van der Waals surface area contributed by atoms with E-state index in [2.05, 4.69) is 69.9 Å². The molecule has 2 saturated carbocycles. The minimum atomic E-state index is -1.11. The highest BCUT2D eigenvalue weighted by Crippen LogP contribution is 2.54. The number of imidazole rings is 1. The van der Waals surface area contributed by atoms with E-state index < -0.39 is 8.07 Å². The topological polar surface area (TPSA) is 84.8 Å². The first kappa shape index (κ1) is 27.3. The third kappa shape index (κ3) is 6.49.